The number of methoxy groups -OCH3 is 1. The quantitative estimate of drug-likeness (QED) is 0.857. The normalized spacial score (nSPS) is 22.9. The minimum atomic E-state index is -0.390. The molecule has 2 saturated heterocycles. The molecule has 1 aromatic rings. The van der Waals surface area contributed by atoms with Gasteiger partial charge in [-0.3, -0.25) is 9.59 Å². The van der Waals surface area contributed by atoms with E-state index in [1.807, 2.05) is 25.1 Å². The number of benzene rings is 1. The van der Waals surface area contributed by atoms with Crippen LogP contribution in [-0.4, -0.2) is 49.0 Å². The Labute approximate surface area is 148 Å². The number of carbonyl (C=O) groups is 2. The van der Waals surface area contributed by atoms with E-state index in [-0.39, 0.29) is 23.9 Å². The molecule has 2 N–H and O–H groups in total. The molecule has 2 heterocycles. The highest BCUT2D eigenvalue weighted by molar-refractivity contribution is 5.98. The Balaban J connectivity index is 1.66. The van der Waals surface area contributed by atoms with Gasteiger partial charge in [0.25, 0.3) is 0 Å². The summed E-state index contributed by atoms with van der Waals surface area (Å²) in [6.07, 6.45) is 4.22. The first-order valence-corrected chi connectivity index (χ1v) is 9.07. The van der Waals surface area contributed by atoms with E-state index in [9.17, 15) is 9.59 Å². The third kappa shape index (κ3) is 4.12. The third-order valence-electron chi connectivity index (χ3n) is 5.07. The first-order valence-electron chi connectivity index (χ1n) is 9.07. The average molecular weight is 345 g/mol. The largest absolute Gasteiger partial charge is 0.495 e. The van der Waals surface area contributed by atoms with Gasteiger partial charge in [0, 0.05) is 19.0 Å². The van der Waals surface area contributed by atoms with Gasteiger partial charge in [0.05, 0.1) is 12.8 Å². The van der Waals surface area contributed by atoms with Crippen LogP contribution in [0.3, 0.4) is 0 Å². The molecule has 2 atom stereocenters. The lowest BCUT2D eigenvalue weighted by molar-refractivity contribution is -0.137. The van der Waals surface area contributed by atoms with Gasteiger partial charge in [-0.05, 0) is 56.8 Å². The van der Waals surface area contributed by atoms with Crippen LogP contribution in [0.5, 0.6) is 5.75 Å². The molecule has 2 aliphatic heterocycles. The van der Waals surface area contributed by atoms with Crippen molar-refractivity contribution in [2.45, 2.75) is 51.1 Å². The van der Waals surface area contributed by atoms with Crippen molar-refractivity contribution in [1.29, 1.82) is 0 Å². The number of rotatable bonds is 5. The number of amides is 2. The number of likely N-dealkylation sites (tertiary alicyclic amines) is 1. The number of hydrogen-bond acceptors (Lipinski definition) is 4. The maximum absolute atomic E-state index is 12.8. The van der Waals surface area contributed by atoms with Crippen LogP contribution in [0.2, 0.25) is 0 Å². The molecular formula is C19H27N3O3. The molecule has 0 aromatic heterocycles. The molecule has 2 unspecified atom stereocenters. The van der Waals surface area contributed by atoms with E-state index in [2.05, 4.69) is 10.6 Å². The Bertz CT molecular complexity index is 641. The van der Waals surface area contributed by atoms with E-state index >= 15 is 0 Å². The lowest BCUT2D eigenvalue weighted by atomic mass is 10.1. The molecule has 6 heteroatoms. The van der Waals surface area contributed by atoms with Crippen molar-refractivity contribution >= 4 is 17.5 Å². The van der Waals surface area contributed by atoms with Crippen LogP contribution < -0.4 is 15.4 Å². The van der Waals surface area contributed by atoms with Crippen molar-refractivity contribution in [2.75, 3.05) is 25.5 Å². The molecule has 0 radical (unpaired) electrons. The lowest BCUT2D eigenvalue weighted by Gasteiger charge is -2.25. The Kier molecular flexibility index (Phi) is 5.58. The number of ether oxygens (including phenoxy) is 1. The first kappa shape index (κ1) is 17.7. The van der Waals surface area contributed by atoms with Gasteiger partial charge in [0.15, 0.2) is 0 Å². The number of anilines is 1. The van der Waals surface area contributed by atoms with E-state index in [0.717, 1.165) is 31.4 Å². The molecule has 0 saturated carbocycles. The topological polar surface area (TPSA) is 70.7 Å². The summed E-state index contributed by atoms with van der Waals surface area (Å²) in [7, 11) is 1.58. The number of nitrogens with zero attached hydrogens (tertiary/aromatic N) is 1. The molecule has 2 aliphatic rings. The zero-order chi connectivity index (χ0) is 17.8. The van der Waals surface area contributed by atoms with Crippen molar-refractivity contribution in [1.82, 2.24) is 10.2 Å². The van der Waals surface area contributed by atoms with Crippen LogP contribution in [0.1, 0.15) is 37.7 Å². The minimum absolute atomic E-state index is 0.0771. The summed E-state index contributed by atoms with van der Waals surface area (Å²) in [6, 6.07) is 5.54. The summed E-state index contributed by atoms with van der Waals surface area (Å²) >= 11 is 0. The molecule has 3 rings (SSSR count). The van der Waals surface area contributed by atoms with Gasteiger partial charge in [-0.2, -0.15) is 0 Å². The predicted molar refractivity (Wildman–Crippen MR) is 96.7 cm³/mol. The summed E-state index contributed by atoms with van der Waals surface area (Å²) in [4.78, 5) is 27.1. The summed E-state index contributed by atoms with van der Waals surface area (Å²) < 4.78 is 5.32. The summed E-state index contributed by atoms with van der Waals surface area (Å²) in [5.41, 5.74) is 1.70. The van der Waals surface area contributed by atoms with E-state index in [1.54, 1.807) is 12.0 Å². The van der Waals surface area contributed by atoms with E-state index in [0.29, 0.717) is 30.8 Å². The van der Waals surface area contributed by atoms with Gasteiger partial charge in [0.2, 0.25) is 11.8 Å². The van der Waals surface area contributed by atoms with Gasteiger partial charge in [-0.1, -0.05) is 6.07 Å². The summed E-state index contributed by atoms with van der Waals surface area (Å²) in [6.45, 7) is 3.61. The second kappa shape index (κ2) is 7.87. The van der Waals surface area contributed by atoms with Crippen LogP contribution in [0.15, 0.2) is 18.2 Å². The summed E-state index contributed by atoms with van der Waals surface area (Å²) in [5, 5.41) is 6.30. The SMILES string of the molecule is COc1ccc(C)cc1NC(=O)C1CCCN1C(=O)CC1CCCN1. The van der Waals surface area contributed by atoms with Gasteiger partial charge < -0.3 is 20.3 Å². The average Bonchev–Trinajstić information content (AvgIpc) is 3.26. The molecule has 2 fully saturated rings. The Morgan fingerprint density at radius 3 is 2.88 bits per heavy atom. The monoisotopic (exact) mass is 345 g/mol. The maximum Gasteiger partial charge on any atom is 0.247 e. The number of nitrogens with one attached hydrogen (secondary N) is 2. The van der Waals surface area contributed by atoms with E-state index in [4.69, 9.17) is 4.74 Å². The van der Waals surface area contributed by atoms with Gasteiger partial charge >= 0.3 is 0 Å². The molecule has 136 valence electrons. The molecule has 0 spiro atoms. The molecule has 0 aliphatic carbocycles. The van der Waals surface area contributed by atoms with Crippen molar-refractivity contribution < 1.29 is 14.3 Å². The molecule has 0 bridgehead atoms. The van der Waals surface area contributed by atoms with Gasteiger partial charge in [0.1, 0.15) is 11.8 Å². The zero-order valence-electron chi connectivity index (χ0n) is 15.0. The van der Waals surface area contributed by atoms with Crippen molar-refractivity contribution in [3.05, 3.63) is 23.8 Å². The number of aryl methyl sites for hydroxylation is 1. The Morgan fingerprint density at radius 2 is 2.16 bits per heavy atom. The van der Waals surface area contributed by atoms with E-state index < -0.39 is 0 Å². The maximum atomic E-state index is 12.8. The molecule has 25 heavy (non-hydrogen) atoms. The Hall–Kier alpha value is -2.08. The second-order valence-corrected chi connectivity index (χ2v) is 6.94. The highest BCUT2D eigenvalue weighted by Crippen LogP contribution is 2.27. The zero-order valence-corrected chi connectivity index (χ0v) is 15.0. The standard InChI is InChI=1S/C19H27N3O3/c1-13-7-8-17(25-2)15(11-13)21-19(24)16-6-4-10-22(16)18(23)12-14-5-3-9-20-14/h7-8,11,14,16,20H,3-6,9-10,12H2,1-2H3,(H,21,24). The molecule has 2 amide bonds. The van der Waals surface area contributed by atoms with Crippen LogP contribution in [0, 0.1) is 6.92 Å². The van der Waals surface area contributed by atoms with Crippen LogP contribution in [-0.2, 0) is 9.59 Å². The smallest absolute Gasteiger partial charge is 0.247 e. The highest BCUT2D eigenvalue weighted by Gasteiger charge is 2.35. The number of hydrogen-bond donors (Lipinski definition) is 2. The van der Waals surface area contributed by atoms with Crippen LogP contribution in [0.4, 0.5) is 5.69 Å². The second-order valence-electron chi connectivity index (χ2n) is 6.94. The minimum Gasteiger partial charge on any atom is -0.495 e. The fourth-order valence-electron chi connectivity index (χ4n) is 3.73. The highest BCUT2D eigenvalue weighted by atomic mass is 16.5. The van der Waals surface area contributed by atoms with Crippen LogP contribution >= 0.6 is 0 Å². The molecular weight excluding hydrogens is 318 g/mol. The Morgan fingerprint density at radius 1 is 1.32 bits per heavy atom. The predicted octanol–water partition coefficient (Wildman–Crippen LogP) is 2.08. The summed E-state index contributed by atoms with van der Waals surface area (Å²) in [5.74, 6) is 0.576. The number of carbonyl (C=O) groups excluding carboxylic acids is 2. The van der Waals surface area contributed by atoms with Crippen molar-refractivity contribution in [3.8, 4) is 5.75 Å². The van der Waals surface area contributed by atoms with Crippen LogP contribution in [0.25, 0.3) is 0 Å². The lowest BCUT2D eigenvalue weighted by Crippen LogP contribution is -2.44. The molecule has 6 nitrogen and oxygen atoms in total. The van der Waals surface area contributed by atoms with Gasteiger partial charge in [-0.15, -0.1) is 0 Å². The van der Waals surface area contributed by atoms with Gasteiger partial charge in [-0.25, -0.2) is 0 Å². The fourth-order valence-corrected chi connectivity index (χ4v) is 3.73. The van der Waals surface area contributed by atoms with Crippen molar-refractivity contribution in [3.63, 3.8) is 0 Å². The van der Waals surface area contributed by atoms with Crippen molar-refractivity contribution in [2.24, 2.45) is 0 Å². The van der Waals surface area contributed by atoms with E-state index in [1.165, 1.54) is 0 Å². The fraction of sp³-hybridized carbons (Fsp3) is 0.579. The third-order valence-corrected chi connectivity index (χ3v) is 5.07. The molecule has 1 aromatic carbocycles. The first-order chi connectivity index (χ1) is 12.1.